The highest BCUT2D eigenvalue weighted by Gasteiger charge is 2.20. The summed E-state index contributed by atoms with van der Waals surface area (Å²) in [6.07, 6.45) is 0.662. The molecule has 17 heavy (non-hydrogen) atoms. The summed E-state index contributed by atoms with van der Waals surface area (Å²) in [5, 5.41) is 12.1. The first-order valence-electron chi connectivity index (χ1n) is 5.41. The van der Waals surface area contributed by atoms with E-state index in [1.807, 2.05) is 6.92 Å². The van der Waals surface area contributed by atoms with Gasteiger partial charge in [0.15, 0.2) is 17.5 Å². The number of benzene rings is 1. The molecule has 1 aromatic carbocycles. The maximum absolute atomic E-state index is 12.9. The topological polar surface area (TPSA) is 32.3 Å². The highest BCUT2D eigenvalue weighted by Crippen LogP contribution is 2.15. The molecule has 0 aromatic heterocycles. The van der Waals surface area contributed by atoms with Crippen LogP contribution >= 0.6 is 0 Å². The first-order chi connectivity index (χ1) is 7.91. The molecule has 5 heteroatoms. The van der Waals surface area contributed by atoms with Gasteiger partial charge < -0.3 is 10.4 Å². The summed E-state index contributed by atoms with van der Waals surface area (Å²) in [6, 6.07) is 1.89. The van der Waals surface area contributed by atoms with Gasteiger partial charge in [0.05, 0.1) is 6.61 Å². The summed E-state index contributed by atoms with van der Waals surface area (Å²) >= 11 is 0. The molecule has 0 bridgehead atoms. The fourth-order valence-corrected chi connectivity index (χ4v) is 1.32. The van der Waals surface area contributed by atoms with Crippen LogP contribution in [-0.4, -0.2) is 17.3 Å². The van der Waals surface area contributed by atoms with Gasteiger partial charge in [-0.2, -0.15) is 0 Å². The first kappa shape index (κ1) is 14.0. The van der Waals surface area contributed by atoms with Gasteiger partial charge in [-0.25, -0.2) is 13.2 Å². The van der Waals surface area contributed by atoms with Crippen LogP contribution in [0.5, 0.6) is 0 Å². The Morgan fingerprint density at radius 2 is 1.76 bits per heavy atom. The molecular formula is C12H16F3NO. The van der Waals surface area contributed by atoms with Crippen LogP contribution in [0.15, 0.2) is 12.1 Å². The summed E-state index contributed by atoms with van der Waals surface area (Å²) in [5.41, 5.74) is -0.212. The number of halogens is 3. The van der Waals surface area contributed by atoms with Crippen molar-refractivity contribution in [3.8, 4) is 0 Å². The minimum atomic E-state index is -1.46. The number of aliphatic hydroxyl groups is 1. The summed E-state index contributed by atoms with van der Waals surface area (Å²) < 4.78 is 38.6. The number of aliphatic hydroxyl groups excluding tert-OH is 1. The number of hydrogen-bond acceptors (Lipinski definition) is 2. The van der Waals surface area contributed by atoms with Crippen LogP contribution in [0.4, 0.5) is 13.2 Å². The van der Waals surface area contributed by atoms with Crippen molar-refractivity contribution in [3.05, 3.63) is 35.1 Å². The van der Waals surface area contributed by atoms with E-state index in [1.165, 1.54) is 0 Å². The lowest BCUT2D eigenvalue weighted by molar-refractivity contribution is 0.169. The minimum Gasteiger partial charge on any atom is -0.394 e. The molecule has 1 aromatic rings. The lowest BCUT2D eigenvalue weighted by Crippen LogP contribution is -2.44. The number of nitrogens with one attached hydrogen (secondary N) is 1. The Morgan fingerprint density at radius 3 is 2.18 bits per heavy atom. The summed E-state index contributed by atoms with van der Waals surface area (Å²) in [5.74, 6) is -3.87. The minimum absolute atomic E-state index is 0.0876. The second kappa shape index (κ2) is 5.51. The number of rotatable bonds is 5. The highest BCUT2D eigenvalue weighted by molar-refractivity contribution is 5.19. The zero-order chi connectivity index (χ0) is 13.1. The van der Waals surface area contributed by atoms with E-state index in [0.717, 1.165) is 12.1 Å². The van der Waals surface area contributed by atoms with Gasteiger partial charge in [-0.05, 0) is 31.0 Å². The SMILES string of the molecule is CCC(C)(CO)NCc1cc(F)c(F)c(F)c1. The van der Waals surface area contributed by atoms with E-state index in [0.29, 0.717) is 12.0 Å². The fraction of sp³-hybridized carbons (Fsp3) is 0.500. The molecule has 2 N–H and O–H groups in total. The maximum atomic E-state index is 12.9. The van der Waals surface area contributed by atoms with Crippen LogP contribution < -0.4 is 5.32 Å². The Kier molecular flexibility index (Phi) is 4.54. The molecule has 0 spiro atoms. The third kappa shape index (κ3) is 3.44. The lowest BCUT2D eigenvalue weighted by atomic mass is 10.00. The number of hydrogen-bond donors (Lipinski definition) is 2. The van der Waals surface area contributed by atoms with Gasteiger partial charge in [-0.15, -0.1) is 0 Å². The second-order valence-corrected chi connectivity index (χ2v) is 4.30. The van der Waals surface area contributed by atoms with Crippen molar-refractivity contribution in [2.45, 2.75) is 32.4 Å². The van der Waals surface area contributed by atoms with Crippen LogP contribution in [0.3, 0.4) is 0 Å². The smallest absolute Gasteiger partial charge is 0.194 e. The molecule has 0 aliphatic carbocycles. The fourth-order valence-electron chi connectivity index (χ4n) is 1.32. The Morgan fingerprint density at radius 1 is 1.24 bits per heavy atom. The predicted octanol–water partition coefficient (Wildman–Crippen LogP) is 2.35. The van der Waals surface area contributed by atoms with Crippen molar-refractivity contribution in [3.63, 3.8) is 0 Å². The monoisotopic (exact) mass is 247 g/mol. The zero-order valence-corrected chi connectivity index (χ0v) is 9.86. The standard InChI is InChI=1S/C12H16F3NO/c1-3-12(2,7-17)16-6-8-4-9(13)11(15)10(14)5-8/h4-5,16-17H,3,6-7H2,1-2H3. The third-order valence-corrected chi connectivity index (χ3v) is 2.89. The second-order valence-electron chi connectivity index (χ2n) is 4.30. The molecular weight excluding hydrogens is 231 g/mol. The lowest BCUT2D eigenvalue weighted by Gasteiger charge is -2.27. The van der Waals surface area contributed by atoms with Crippen LogP contribution in [0.2, 0.25) is 0 Å². The van der Waals surface area contributed by atoms with Gasteiger partial charge in [-0.1, -0.05) is 6.92 Å². The van der Waals surface area contributed by atoms with Gasteiger partial charge in [-0.3, -0.25) is 0 Å². The van der Waals surface area contributed by atoms with Crippen molar-refractivity contribution in [2.75, 3.05) is 6.61 Å². The molecule has 1 rings (SSSR count). The van der Waals surface area contributed by atoms with Crippen LogP contribution in [-0.2, 0) is 6.54 Å². The van der Waals surface area contributed by atoms with Crippen molar-refractivity contribution in [1.29, 1.82) is 0 Å². The van der Waals surface area contributed by atoms with E-state index in [2.05, 4.69) is 5.32 Å². The Bertz CT molecular complexity index is 368. The van der Waals surface area contributed by atoms with E-state index in [4.69, 9.17) is 5.11 Å². The molecule has 0 fully saturated rings. The average molecular weight is 247 g/mol. The summed E-state index contributed by atoms with van der Waals surface area (Å²) in [7, 11) is 0. The molecule has 0 aliphatic heterocycles. The Hall–Kier alpha value is -1.07. The van der Waals surface area contributed by atoms with E-state index in [1.54, 1.807) is 6.92 Å². The van der Waals surface area contributed by atoms with Crippen molar-refractivity contribution >= 4 is 0 Å². The summed E-state index contributed by atoms with van der Waals surface area (Å²) in [6.45, 7) is 3.76. The maximum Gasteiger partial charge on any atom is 0.194 e. The molecule has 96 valence electrons. The Labute approximate surface area is 98.5 Å². The van der Waals surface area contributed by atoms with Gasteiger partial charge in [0, 0.05) is 12.1 Å². The van der Waals surface area contributed by atoms with E-state index in [-0.39, 0.29) is 13.2 Å². The van der Waals surface area contributed by atoms with Gasteiger partial charge in [0.2, 0.25) is 0 Å². The zero-order valence-electron chi connectivity index (χ0n) is 9.86. The van der Waals surface area contributed by atoms with E-state index in [9.17, 15) is 13.2 Å². The molecule has 0 saturated heterocycles. The average Bonchev–Trinajstić information content (AvgIpc) is 2.32. The summed E-state index contributed by atoms with van der Waals surface area (Å²) in [4.78, 5) is 0. The first-order valence-corrected chi connectivity index (χ1v) is 5.41. The normalized spacial score (nSPS) is 14.7. The molecule has 0 aliphatic rings. The third-order valence-electron chi connectivity index (χ3n) is 2.89. The van der Waals surface area contributed by atoms with Crippen molar-refractivity contribution in [2.24, 2.45) is 0 Å². The van der Waals surface area contributed by atoms with Crippen LogP contribution in [0.1, 0.15) is 25.8 Å². The Balaban J connectivity index is 2.76. The largest absolute Gasteiger partial charge is 0.394 e. The van der Waals surface area contributed by atoms with Gasteiger partial charge >= 0.3 is 0 Å². The molecule has 0 amide bonds. The van der Waals surface area contributed by atoms with Gasteiger partial charge in [0.1, 0.15) is 0 Å². The van der Waals surface area contributed by atoms with Crippen LogP contribution in [0.25, 0.3) is 0 Å². The molecule has 0 saturated carbocycles. The highest BCUT2D eigenvalue weighted by atomic mass is 19.2. The molecule has 1 atom stereocenters. The van der Waals surface area contributed by atoms with Gasteiger partial charge in [0.25, 0.3) is 0 Å². The molecule has 2 nitrogen and oxygen atoms in total. The predicted molar refractivity (Wildman–Crippen MR) is 58.9 cm³/mol. The van der Waals surface area contributed by atoms with E-state index >= 15 is 0 Å². The van der Waals surface area contributed by atoms with Crippen molar-refractivity contribution in [1.82, 2.24) is 5.32 Å². The molecule has 0 radical (unpaired) electrons. The van der Waals surface area contributed by atoms with Crippen LogP contribution in [0, 0.1) is 17.5 Å². The molecule has 1 unspecified atom stereocenters. The van der Waals surface area contributed by atoms with Crippen molar-refractivity contribution < 1.29 is 18.3 Å². The van der Waals surface area contributed by atoms with E-state index < -0.39 is 23.0 Å². The molecule has 0 heterocycles. The quantitative estimate of drug-likeness (QED) is 0.783.